The highest BCUT2D eigenvalue weighted by molar-refractivity contribution is 6.22. The zero-order valence-corrected chi connectivity index (χ0v) is 15.9. The molecule has 0 aromatic heterocycles. The lowest BCUT2D eigenvalue weighted by atomic mass is 10.1. The molecule has 0 radical (unpaired) electrons. The number of fused-ring (bicyclic) bond motifs is 1. The molecule has 0 saturated heterocycles. The van der Waals surface area contributed by atoms with Crippen LogP contribution in [0.25, 0.3) is 0 Å². The number of hydrogen-bond acceptors (Lipinski definition) is 6. The molecule has 0 bridgehead atoms. The largest absolute Gasteiger partial charge is 0.495 e. The average Bonchev–Trinajstić information content (AvgIpc) is 3.01. The van der Waals surface area contributed by atoms with E-state index in [2.05, 4.69) is 16.0 Å². The lowest BCUT2D eigenvalue weighted by molar-refractivity contribution is 0.0879. The van der Waals surface area contributed by atoms with Crippen molar-refractivity contribution >= 4 is 34.6 Å². The molecule has 4 rings (SSSR count). The Morgan fingerprint density at radius 2 is 1.07 bits per heavy atom. The summed E-state index contributed by atoms with van der Waals surface area (Å²) in [5.74, 6) is 0.461. The second-order valence-corrected chi connectivity index (χ2v) is 6.38. The molecular formula is C22H19N3O4. The maximum absolute atomic E-state index is 12.1. The highest BCUT2D eigenvalue weighted by Crippen LogP contribution is 2.37. The van der Waals surface area contributed by atoms with Gasteiger partial charge in [-0.3, -0.25) is 14.9 Å². The number of hydrogen-bond donors (Lipinski definition) is 3. The Labute approximate surface area is 167 Å². The standard InChI is InChI=1S/C22H19N3O4/c1-28-19-9-5-3-7-15(19)23-17-11-13-14(22(27)25-21(13)26)12-18(17)24-16-8-4-6-10-20(16)29-2/h3-12,23-24H,1-2H3,(H,25,26,27). The Morgan fingerprint density at radius 1 is 0.655 bits per heavy atom. The number of ether oxygens (including phenoxy) is 2. The van der Waals surface area contributed by atoms with Gasteiger partial charge in [0.25, 0.3) is 11.8 Å². The summed E-state index contributed by atoms with van der Waals surface area (Å²) in [6.45, 7) is 0. The zero-order chi connectivity index (χ0) is 20.4. The molecule has 1 aliphatic heterocycles. The molecule has 0 unspecified atom stereocenters. The average molecular weight is 389 g/mol. The topological polar surface area (TPSA) is 88.7 Å². The van der Waals surface area contributed by atoms with Crippen molar-refractivity contribution in [3.05, 3.63) is 71.8 Å². The number of carbonyl (C=O) groups is 2. The van der Waals surface area contributed by atoms with Gasteiger partial charge in [0.1, 0.15) is 11.5 Å². The van der Waals surface area contributed by atoms with E-state index in [0.717, 1.165) is 11.4 Å². The Bertz CT molecular complexity index is 1020. The molecule has 3 N–H and O–H groups in total. The number of nitrogens with one attached hydrogen (secondary N) is 3. The molecule has 1 aliphatic rings. The van der Waals surface area contributed by atoms with E-state index in [4.69, 9.17) is 9.47 Å². The fourth-order valence-corrected chi connectivity index (χ4v) is 3.21. The van der Waals surface area contributed by atoms with Crippen LogP contribution in [0.4, 0.5) is 22.7 Å². The minimum absolute atomic E-state index is 0.318. The van der Waals surface area contributed by atoms with E-state index in [0.29, 0.717) is 34.0 Å². The molecule has 146 valence electrons. The van der Waals surface area contributed by atoms with E-state index < -0.39 is 11.8 Å². The smallest absolute Gasteiger partial charge is 0.259 e. The Hall–Kier alpha value is -4.00. The van der Waals surface area contributed by atoms with Crippen molar-refractivity contribution in [2.24, 2.45) is 0 Å². The summed E-state index contributed by atoms with van der Waals surface area (Å²) in [5.41, 5.74) is 3.31. The van der Waals surface area contributed by atoms with Crippen molar-refractivity contribution in [3.63, 3.8) is 0 Å². The van der Waals surface area contributed by atoms with Gasteiger partial charge >= 0.3 is 0 Å². The third-order valence-electron chi connectivity index (χ3n) is 4.63. The first-order valence-electron chi connectivity index (χ1n) is 8.94. The molecular weight excluding hydrogens is 370 g/mol. The number of benzene rings is 3. The predicted molar refractivity (Wildman–Crippen MR) is 111 cm³/mol. The molecule has 0 aliphatic carbocycles. The predicted octanol–water partition coefficient (Wildman–Crippen LogP) is 4.07. The normalized spacial score (nSPS) is 12.2. The van der Waals surface area contributed by atoms with Gasteiger partial charge in [0.2, 0.25) is 0 Å². The van der Waals surface area contributed by atoms with Gasteiger partial charge in [-0.25, -0.2) is 0 Å². The van der Waals surface area contributed by atoms with Crippen LogP contribution < -0.4 is 25.4 Å². The second-order valence-electron chi connectivity index (χ2n) is 6.38. The summed E-state index contributed by atoms with van der Waals surface area (Å²) < 4.78 is 10.8. The minimum Gasteiger partial charge on any atom is -0.495 e. The van der Waals surface area contributed by atoms with Crippen molar-refractivity contribution < 1.29 is 19.1 Å². The number of carbonyl (C=O) groups excluding carboxylic acids is 2. The molecule has 2 amide bonds. The van der Waals surface area contributed by atoms with Gasteiger partial charge in [-0.15, -0.1) is 0 Å². The van der Waals surface area contributed by atoms with Crippen LogP contribution in [-0.4, -0.2) is 26.0 Å². The first-order chi connectivity index (χ1) is 14.1. The lowest BCUT2D eigenvalue weighted by Crippen LogP contribution is -2.19. The highest BCUT2D eigenvalue weighted by Gasteiger charge is 2.28. The lowest BCUT2D eigenvalue weighted by Gasteiger charge is -2.18. The van der Waals surface area contributed by atoms with E-state index in [-0.39, 0.29) is 0 Å². The highest BCUT2D eigenvalue weighted by atomic mass is 16.5. The van der Waals surface area contributed by atoms with Crippen LogP contribution >= 0.6 is 0 Å². The van der Waals surface area contributed by atoms with Gasteiger partial charge in [-0.05, 0) is 36.4 Å². The molecule has 7 heteroatoms. The molecule has 3 aromatic rings. The van der Waals surface area contributed by atoms with Crippen molar-refractivity contribution in [1.29, 1.82) is 0 Å². The monoisotopic (exact) mass is 389 g/mol. The number of anilines is 4. The van der Waals surface area contributed by atoms with E-state index in [1.807, 2.05) is 48.5 Å². The number of para-hydroxylation sites is 4. The molecule has 0 fully saturated rings. The Morgan fingerprint density at radius 3 is 1.48 bits per heavy atom. The number of imide groups is 1. The quantitative estimate of drug-likeness (QED) is 0.551. The van der Waals surface area contributed by atoms with Crippen molar-refractivity contribution in [3.8, 4) is 11.5 Å². The molecule has 29 heavy (non-hydrogen) atoms. The first-order valence-corrected chi connectivity index (χ1v) is 8.94. The van der Waals surface area contributed by atoms with Gasteiger partial charge in [0.15, 0.2) is 0 Å². The second kappa shape index (κ2) is 7.55. The van der Waals surface area contributed by atoms with E-state index in [9.17, 15) is 9.59 Å². The van der Waals surface area contributed by atoms with Gasteiger partial charge in [0.05, 0.1) is 48.1 Å². The summed E-state index contributed by atoms with van der Waals surface area (Å²) >= 11 is 0. The van der Waals surface area contributed by atoms with Gasteiger partial charge in [-0.2, -0.15) is 0 Å². The fraction of sp³-hybridized carbons (Fsp3) is 0.0909. The number of amides is 2. The van der Waals surface area contributed by atoms with E-state index >= 15 is 0 Å². The summed E-state index contributed by atoms with van der Waals surface area (Å²) in [6.07, 6.45) is 0. The van der Waals surface area contributed by atoms with Crippen LogP contribution in [0, 0.1) is 0 Å². The van der Waals surface area contributed by atoms with Gasteiger partial charge in [0, 0.05) is 0 Å². The van der Waals surface area contributed by atoms with E-state index in [1.165, 1.54) is 0 Å². The fourth-order valence-electron chi connectivity index (χ4n) is 3.21. The molecule has 7 nitrogen and oxygen atoms in total. The van der Waals surface area contributed by atoms with Crippen LogP contribution in [0.1, 0.15) is 20.7 Å². The minimum atomic E-state index is -0.420. The third-order valence-corrected chi connectivity index (χ3v) is 4.63. The van der Waals surface area contributed by atoms with E-state index in [1.54, 1.807) is 26.4 Å². The summed E-state index contributed by atoms with van der Waals surface area (Å²) in [6, 6.07) is 18.2. The summed E-state index contributed by atoms with van der Waals surface area (Å²) in [5, 5.41) is 8.92. The van der Waals surface area contributed by atoms with Crippen molar-refractivity contribution in [2.45, 2.75) is 0 Å². The van der Waals surface area contributed by atoms with Crippen LogP contribution in [0.3, 0.4) is 0 Å². The van der Waals surface area contributed by atoms with Gasteiger partial charge in [-0.1, -0.05) is 24.3 Å². The van der Waals surface area contributed by atoms with Crippen LogP contribution in [0.5, 0.6) is 11.5 Å². The molecule has 3 aromatic carbocycles. The van der Waals surface area contributed by atoms with Crippen molar-refractivity contribution in [1.82, 2.24) is 5.32 Å². The van der Waals surface area contributed by atoms with Crippen LogP contribution in [0.15, 0.2) is 60.7 Å². The Kier molecular flexibility index (Phi) is 4.78. The van der Waals surface area contributed by atoms with Crippen LogP contribution in [-0.2, 0) is 0 Å². The summed E-state index contributed by atoms with van der Waals surface area (Å²) in [7, 11) is 3.17. The molecule has 0 spiro atoms. The van der Waals surface area contributed by atoms with Crippen LogP contribution in [0.2, 0.25) is 0 Å². The first kappa shape index (κ1) is 18.4. The molecule has 1 heterocycles. The molecule has 0 saturated carbocycles. The Balaban J connectivity index is 1.81. The zero-order valence-electron chi connectivity index (χ0n) is 15.9. The number of methoxy groups -OCH3 is 2. The maximum atomic E-state index is 12.1. The summed E-state index contributed by atoms with van der Waals surface area (Å²) in [4.78, 5) is 24.3. The van der Waals surface area contributed by atoms with Gasteiger partial charge < -0.3 is 20.1 Å². The third kappa shape index (κ3) is 3.45. The SMILES string of the molecule is COc1ccccc1Nc1cc2c(cc1Nc1ccccc1OC)C(=O)NC2=O. The number of rotatable bonds is 6. The molecule has 0 atom stereocenters. The maximum Gasteiger partial charge on any atom is 0.259 e. The van der Waals surface area contributed by atoms with Crippen molar-refractivity contribution in [2.75, 3.05) is 24.9 Å².